The SMILES string of the molecule is CCN(CC)CCNc1c(CCC(C)C)c(C)c(C#N)c2nc3ccccc3n12. The van der Waals surface area contributed by atoms with Gasteiger partial charge in [0.2, 0.25) is 0 Å². The molecular formula is C24H33N5. The van der Waals surface area contributed by atoms with Crippen LogP contribution < -0.4 is 5.32 Å². The summed E-state index contributed by atoms with van der Waals surface area (Å²) in [7, 11) is 0. The van der Waals surface area contributed by atoms with E-state index in [4.69, 9.17) is 4.98 Å². The van der Waals surface area contributed by atoms with Crippen LogP contribution in [0.4, 0.5) is 5.82 Å². The zero-order chi connectivity index (χ0) is 21.0. The first-order valence-corrected chi connectivity index (χ1v) is 10.8. The van der Waals surface area contributed by atoms with E-state index in [-0.39, 0.29) is 0 Å². The van der Waals surface area contributed by atoms with E-state index in [0.717, 1.165) is 67.1 Å². The van der Waals surface area contributed by atoms with Gasteiger partial charge < -0.3 is 10.2 Å². The zero-order valence-electron chi connectivity index (χ0n) is 18.4. The van der Waals surface area contributed by atoms with E-state index in [0.29, 0.717) is 11.5 Å². The Kier molecular flexibility index (Phi) is 6.76. The van der Waals surface area contributed by atoms with Crippen LogP contribution in [0.25, 0.3) is 16.7 Å². The lowest BCUT2D eigenvalue weighted by atomic mass is 9.97. The van der Waals surface area contributed by atoms with Crippen molar-refractivity contribution in [2.24, 2.45) is 5.92 Å². The Hall–Kier alpha value is -2.58. The summed E-state index contributed by atoms with van der Waals surface area (Å²) < 4.78 is 2.17. The van der Waals surface area contributed by atoms with Crippen molar-refractivity contribution in [2.45, 2.75) is 47.5 Å². The second-order valence-electron chi connectivity index (χ2n) is 8.08. The van der Waals surface area contributed by atoms with Crippen molar-refractivity contribution >= 4 is 22.5 Å². The predicted octanol–water partition coefficient (Wildman–Crippen LogP) is 5.01. The Labute approximate surface area is 174 Å². The van der Waals surface area contributed by atoms with Gasteiger partial charge in [-0.15, -0.1) is 0 Å². The number of nitrogens with one attached hydrogen (secondary N) is 1. The number of aromatic nitrogens is 2. The predicted molar refractivity (Wildman–Crippen MR) is 122 cm³/mol. The lowest BCUT2D eigenvalue weighted by Crippen LogP contribution is -2.29. The van der Waals surface area contributed by atoms with Crippen LogP contribution in [0.5, 0.6) is 0 Å². The topological polar surface area (TPSA) is 56.4 Å². The van der Waals surface area contributed by atoms with Crippen LogP contribution in [0.15, 0.2) is 24.3 Å². The number of imidazole rings is 1. The first-order chi connectivity index (χ1) is 14.0. The Morgan fingerprint density at radius 2 is 1.93 bits per heavy atom. The molecule has 2 heterocycles. The number of benzene rings is 1. The molecule has 3 rings (SSSR count). The molecule has 0 atom stereocenters. The molecule has 0 saturated heterocycles. The molecule has 0 aliphatic carbocycles. The Balaban J connectivity index is 2.17. The van der Waals surface area contributed by atoms with Gasteiger partial charge in [-0.2, -0.15) is 5.26 Å². The standard InChI is InChI=1S/C24H33N5/c1-6-28(7-2)15-14-26-23-19(13-12-17(3)4)18(5)20(16-25)24-27-21-10-8-9-11-22(21)29(23)24/h8-11,17,26H,6-7,12-15H2,1-5H3. The van der Waals surface area contributed by atoms with Crippen molar-refractivity contribution in [3.8, 4) is 6.07 Å². The monoisotopic (exact) mass is 391 g/mol. The molecule has 0 aliphatic heterocycles. The number of hydrogen-bond acceptors (Lipinski definition) is 4. The smallest absolute Gasteiger partial charge is 0.157 e. The zero-order valence-corrected chi connectivity index (χ0v) is 18.4. The highest BCUT2D eigenvalue weighted by atomic mass is 15.2. The highest BCUT2D eigenvalue weighted by molar-refractivity contribution is 5.86. The molecule has 0 fully saturated rings. The summed E-state index contributed by atoms with van der Waals surface area (Å²) in [6.45, 7) is 14.9. The van der Waals surface area contributed by atoms with Crippen LogP contribution in [0.2, 0.25) is 0 Å². The van der Waals surface area contributed by atoms with Crippen LogP contribution in [-0.4, -0.2) is 40.5 Å². The maximum atomic E-state index is 9.92. The number of pyridine rings is 1. The number of fused-ring (bicyclic) bond motifs is 3. The number of hydrogen-bond donors (Lipinski definition) is 1. The van der Waals surface area contributed by atoms with Gasteiger partial charge in [-0.3, -0.25) is 4.40 Å². The van der Waals surface area contributed by atoms with E-state index in [1.807, 2.05) is 18.2 Å². The van der Waals surface area contributed by atoms with Crippen LogP contribution in [-0.2, 0) is 6.42 Å². The molecular weight excluding hydrogens is 358 g/mol. The molecule has 3 aromatic rings. The molecule has 5 heteroatoms. The minimum absolute atomic E-state index is 0.610. The Bertz CT molecular complexity index is 1020. The van der Waals surface area contributed by atoms with Gasteiger partial charge in [0.25, 0.3) is 0 Å². The minimum Gasteiger partial charge on any atom is -0.370 e. The molecule has 0 unspecified atom stereocenters. The highest BCUT2D eigenvalue weighted by Gasteiger charge is 2.20. The third-order valence-electron chi connectivity index (χ3n) is 5.82. The van der Waals surface area contributed by atoms with E-state index in [9.17, 15) is 5.26 Å². The van der Waals surface area contributed by atoms with Gasteiger partial charge in [-0.05, 0) is 62.0 Å². The number of para-hydroxylation sites is 2. The minimum atomic E-state index is 0.610. The number of nitrogens with zero attached hydrogens (tertiary/aromatic N) is 4. The van der Waals surface area contributed by atoms with Crippen molar-refractivity contribution in [2.75, 3.05) is 31.5 Å². The second kappa shape index (κ2) is 9.28. The molecule has 0 radical (unpaired) electrons. The fraction of sp³-hybridized carbons (Fsp3) is 0.500. The fourth-order valence-electron chi connectivity index (χ4n) is 3.98. The number of likely N-dealkylation sites (N-methyl/N-ethyl adjacent to an activating group) is 1. The largest absolute Gasteiger partial charge is 0.370 e. The summed E-state index contributed by atoms with van der Waals surface area (Å²) in [4.78, 5) is 7.23. The quantitative estimate of drug-likeness (QED) is 0.557. The Morgan fingerprint density at radius 3 is 2.59 bits per heavy atom. The summed E-state index contributed by atoms with van der Waals surface area (Å²) in [5.74, 6) is 1.71. The number of anilines is 1. The summed E-state index contributed by atoms with van der Waals surface area (Å²) in [5.41, 5.74) is 5.72. The maximum Gasteiger partial charge on any atom is 0.157 e. The first-order valence-electron chi connectivity index (χ1n) is 10.8. The Morgan fingerprint density at radius 1 is 1.21 bits per heavy atom. The number of rotatable bonds is 9. The lowest BCUT2D eigenvalue weighted by Gasteiger charge is -2.22. The van der Waals surface area contributed by atoms with Crippen molar-refractivity contribution in [1.82, 2.24) is 14.3 Å². The summed E-state index contributed by atoms with van der Waals surface area (Å²) >= 11 is 0. The number of nitriles is 1. The molecule has 0 spiro atoms. The van der Waals surface area contributed by atoms with E-state index < -0.39 is 0 Å². The second-order valence-corrected chi connectivity index (χ2v) is 8.08. The van der Waals surface area contributed by atoms with Crippen molar-refractivity contribution in [1.29, 1.82) is 5.26 Å². The third kappa shape index (κ3) is 4.23. The lowest BCUT2D eigenvalue weighted by molar-refractivity contribution is 0.316. The highest BCUT2D eigenvalue weighted by Crippen LogP contribution is 2.32. The van der Waals surface area contributed by atoms with E-state index in [1.54, 1.807) is 0 Å². The van der Waals surface area contributed by atoms with Crippen molar-refractivity contribution in [3.05, 3.63) is 41.0 Å². The third-order valence-corrected chi connectivity index (χ3v) is 5.82. The van der Waals surface area contributed by atoms with Gasteiger partial charge in [0.15, 0.2) is 5.65 Å². The molecule has 0 amide bonds. The van der Waals surface area contributed by atoms with Crippen LogP contribution >= 0.6 is 0 Å². The molecule has 0 bridgehead atoms. The average molecular weight is 392 g/mol. The van der Waals surface area contributed by atoms with Gasteiger partial charge in [0, 0.05) is 13.1 Å². The van der Waals surface area contributed by atoms with Crippen LogP contribution in [0.1, 0.15) is 50.8 Å². The van der Waals surface area contributed by atoms with Crippen LogP contribution in [0.3, 0.4) is 0 Å². The van der Waals surface area contributed by atoms with E-state index in [1.165, 1.54) is 5.56 Å². The maximum absolute atomic E-state index is 9.92. The summed E-state index contributed by atoms with van der Waals surface area (Å²) in [5, 5.41) is 13.6. The van der Waals surface area contributed by atoms with Gasteiger partial charge in [0.05, 0.1) is 16.6 Å². The molecule has 2 aromatic heterocycles. The van der Waals surface area contributed by atoms with E-state index in [2.05, 4.69) is 61.4 Å². The fourth-order valence-corrected chi connectivity index (χ4v) is 3.98. The van der Waals surface area contributed by atoms with Gasteiger partial charge >= 0.3 is 0 Å². The molecule has 0 aliphatic rings. The van der Waals surface area contributed by atoms with Crippen LogP contribution in [0, 0.1) is 24.2 Å². The molecule has 1 aromatic carbocycles. The first kappa shape index (κ1) is 21.1. The van der Waals surface area contributed by atoms with Gasteiger partial charge in [0.1, 0.15) is 11.9 Å². The van der Waals surface area contributed by atoms with Crippen molar-refractivity contribution in [3.63, 3.8) is 0 Å². The molecule has 29 heavy (non-hydrogen) atoms. The molecule has 5 nitrogen and oxygen atoms in total. The normalized spacial score (nSPS) is 11.7. The average Bonchev–Trinajstić information content (AvgIpc) is 3.09. The van der Waals surface area contributed by atoms with Crippen molar-refractivity contribution < 1.29 is 0 Å². The van der Waals surface area contributed by atoms with E-state index >= 15 is 0 Å². The summed E-state index contributed by atoms with van der Waals surface area (Å²) in [6.07, 6.45) is 2.04. The molecule has 1 N–H and O–H groups in total. The molecule has 0 saturated carbocycles. The van der Waals surface area contributed by atoms with Gasteiger partial charge in [-0.25, -0.2) is 4.98 Å². The summed E-state index contributed by atoms with van der Waals surface area (Å²) in [6, 6.07) is 10.6. The van der Waals surface area contributed by atoms with Gasteiger partial charge in [-0.1, -0.05) is 39.8 Å². The molecule has 154 valence electrons.